The molecule has 0 aromatic rings. The van der Waals surface area contributed by atoms with Crippen LogP contribution in [0.1, 0.15) is 104 Å². The summed E-state index contributed by atoms with van der Waals surface area (Å²) in [7, 11) is 0. The van der Waals surface area contributed by atoms with E-state index in [-0.39, 0.29) is 12.5 Å². The van der Waals surface area contributed by atoms with E-state index < -0.39 is 12.1 Å². The van der Waals surface area contributed by atoms with Gasteiger partial charge in [-0.15, -0.1) is 0 Å². The van der Waals surface area contributed by atoms with Crippen molar-refractivity contribution in [2.75, 3.05) is 6.61 Å². The predicted octanol–water partition coefficient (Wildman–Crippen LogP) is 5.99. The second-order valence-electron chi connectivity index (χ2n) is 8.03. The Kier molecular flexibility index (Phi) is 21.3. The molecule has 0 aliphatic carbocycles. The first-order valence-electron chi connectivity index (χ1n) is 12.2. The number of nitrogens with one attached hydrogen (secondary N) is 1. The zero-order valence-electron chi connectivity index (χ0n) is 19.5. The molecule has 0 saturated heterocycles. The Morgan fingerprint density at radius 1 is 0.767 bits per heavy atom. The summed E-state index contributed by atoms with van der Waals surface area (Å²) in [6.07, 6.45) is 26.7. The molecule has 0 spiro atoms. The van der Waals surface area contributed by atoms with Crippen LogP contribution >= 0.6 is 0 Å². The maximum absolute atomic E-state index is 11.9. The van der Waals surface area contributed by atoms with Gasteiger partial charge in [0.15, 0.2) is 0 Å². The maximum Gasteiger partial charge on any atom is 0.220 e. The summed E-state index contributed by atoms with van der Waals surface area (Å²) in [5, 5.41) is 22.3. The van der Waals surface area contributed by atoms with E-state index in [1.807, 2.05) is 6.08 Å². The van der Waals surface area contributed by atoms with Crippen molar-refractivity contribution in [3.63, 3.8) is 0 Å². The van der Waals surface area contributed by atoms with Gasteiger partial charge < -0.3 is 15.5 Å². The van der Waals surface area contributed by atoms with E-state index >= 15 is 0 Å². The molecule has 4 heteroatoms. The monoisotopic (exact) mass is 421 g/mol. The third kappa shape index (κ3) is 18.6. The van der Waals surface area contributed by atoms with Crippen LogP contribution in [0.15, 0.2) is 36.5 Å². The van der Waals surface area contributed by atoms with Crippen LogP contribution in [-0.4, -0.2) is 34.9 Å². The number of unbranched alkanes of at least 4 members (excludes halogenated alkanes) is 9. The first-order chi connectivity index (χ1) is 14.7. The predicted molar refractivity (Wildman–Crippen MR) is 128 cm³/mol. The van der Waals surface area contributed by atoms with E-state index in [1.165, 1.54) is 32.1 Å². The van der Waals surface area contributed by atoms with Crippen LogP contribution < -0.4 is 5.32 Å². The normalized spacial score (nSPS) is 14.1. The minimum atomic E-state index is -0.860. The smallest absolute Gasteiger partial charge is 0.220 e. The van der Waals surface area contributed by atoms with Crippen molar-refractivity contribution < 1.29 is 15.0 Å². The van der Waals surface area contributed by atoms with Crippen LogP contribution in [0.2, 0.25) is 0 Å². The zero-order chi connectivity index (χ0) is 22.3. The topological polar surface area (TPSA) is 69.6 Å². The lowest BCUT2D eigenvalue weighted by atomic mass is 10.1. The Morgan fingerprint density at radius 3 is 1.87 bits per heavy atom. The molecule has 0 aromatic carbocycles. The van der Waals surface area contributed by atoms with Gasteiger partial charge in [-0.1, -0.05) is 88.8 Å². The lowest BCUT2D eigenvalue weighted by molar-refractivity contribution is -0.123. The van der Waals surface area contributed by atoms with Crippen molar-refractivity contribution >= 4 is 5.91 Å². The van der Waals surface area contributed by atoms with Crippen LogP contribution in [0.4, 0.5) is 0 Å². The number of amides is 1. The van der Waals surface area contributed by atoms with Crippen molar-refractivity contribution in [2.24, 2.45) is 0 Å². The summed E-state index contributed by atoms with van der Waals surface area (Å²) in [4.78, 5) is 11.9. The molecule has 2 unspecified atom stereocenters. The molecule has 3 N–H and O–H groups in total. The van der Waals surface area contributed by atoms with Gasteiger partial charge in [-0.2, -0.15) is 0 Å². The Labute approximate surface area is 185 Å². The second-order valence-corrected chi connectivity index (χ2v) is 8.03. The first kappa shape index (κ1) is 28.6. The molecule has 0 aromatic heterocycles. The van der Waals surface area contributed by atoms with Gasteiger partial charge in [0, 0.05) is 6.42 Å². The summed E-state index contributed by atoms with van der Waals surface area (Å²) < 4.78 is 0. The van der Waals surface area contributed by atoms with Gasteiger partial charge in [-0.05, 0) is 44.9 Å². The molecule has 0 saturated carbocycles. The van der Waals surface area contributed by atoms with E-state index in [4.69, 9.17) is 0 Å². The fourth-order valence-electron chi connectivity index (χ4n) is 3.15. The molecule has 0 rings (SSSR count). The quantitative estimate of drug-likeness (QED) is 0.167. The summed E-state index contributed by atoms with van der Waals surface area (Å²) >= 11 is 0. The number of carbonyl (C=O) groups is 1. The third-order valence-corrected chi connectivity index (χ3v) is 5.10. The van der Waals surface area contributed by atoms with E-state index in [0.717, 1.165) is 51.4 Å². The number of aliphatic hydroxyl groups excluding tert-OH is 2. The molecular formula is C26H47NO3. The molecular weight excluding hydrogens is 374 g/mol. The fraction of sp³-hybridized carbons (Fsp3) is 0.731. The lowest BCUT2D eigenvalue weighted by Gasteiger charge is -2.19. The Bertz CT molecular complexity index is 471. The molecule has 0 aliphatic rings. The van der Waals surface area contributed by atoms with Crippen molar-refractivity contribution in [1.82, 2.24) is 5.32 Å². The number of hydrogen-bond acceptors (Lipinski definition) is 3. The van der Waals surface area contributed by atoms with Crippen LogP contribution in [0.3, 0.4) is 0 Å². The Balaban J connectivity index is 3.84. The summed E-state index contributed by atoms with van der Waals surface area (Å²) in [6.45, 7) is 4.11. The van der Waals surface area contributed by atoms with Gasteiger partial charge >= 0.3 is 0 Å². The molecule has 1 amide bonds. The summed E-state index contributed by atoms with van der Waals surface area (Å²) in [5.41, 5.74) is 0. The standard InChI is InChI=1S/C26H47NO3/c1-3-5-7-9-10-11-12-13-14-15-16-17-18-19-21-25(29)24(23-28)27-26(30)22-20-8-6-4-2/h11-12,15-16,19,21,24-25,28-29H,3-10,13-14,17-18,20,22-23H2,1-2H3,(H,27,30)/b12-11+,16-15+,21-19+. The SMILES string of the molecule is CCCCCC/C=C/CC/C=C/CC/C=C/C(O)C(CO)NC(=O)CCCCCC. The van der Waals surface area contributed by atoms with Gasteiger partial charge in [-0.25, -0.2) is 0 Å². The Hall–Kier alpha value is -1.39. The van der Waals surface area contributed by atoms with E-state index in [9.17, 15) is 15.0 Å². The number of aliphatic hydroxyl groups is 2. The molecule has 4 nitrogen and oxygen atoms in total. The van der Waals surface area contributed by atoms with Gasteiger partial charge in [0.1, 0.15) is 0 Å². The molecule has 0 radical (unpaired) electrons. The summed E-state index contributed by atoms with van der Waals surface area (Å²) in [6, 6.07) is -0.635. The number of hydrogen-bond donors (Lipinski definition) is 3. The minimum absolute atomic E-state index is 0.101. The highest BCUT2D eigenvalue weighted by Gasteiger charge is 2.17. The van der Waals surface area contributed by atoms with Gasteiger partial charge in [0.05, 0.1) is 18.8 Å². The average molecular weight is 422 g/mol. The zero-order valence-corrected chi connectivity index (χ0v) is 19.5. The molecule has 174 valence electrons. The van der Waals surface area contributed by atoms with Crippen LogP contribution in [0.25, 0.3) is 0 Å². The van der Waals surface area contributed by atoms with E-state index in [1.54, 1.807) is 6.08 Å². The lowest BCUT2D eigenvalue weighted by Crippen LogP contribution is -2.45. The average Bonchev–Trinajstić information content (AvgIpc) is 2.75. The van der Waals surface area contributed by atoms with Crippen LogP contribution in [0, 0.1) is 0 Å². The molecule has 0 bridgehead atoms. The minimum Gasteiger partial charge on any atom is -0.394 e. The third-order valence-electron chi connectivity index (χ3n) is 5.10. The second kappa shape index (κ2) is 22.3. The van der Waals surface area contributed by atoms with Crippen LogP contribution in [0.5, 0.6) is 0 Å². The molecule has 0 heterocycles. The first-order valence-corrected chi connectivity index (χ1v) is 12.2. The van der Waals surface area contributed by atoms with Gasteiger partial charge in [0.2, 0.25) is 5.91 Å². The molecule has 30 heavy (non-hydrogen) atoms. The van der Waals surface area contributed by atoms with E-state index in [2.05, 4.69) is 43.5 Å². The highest BCUT2D eigenvalue weighted by molar-refractivity contribution is 5.76. The largest absolute Gasteiger partial charge is 0.394 e. The number of allylic oxidation sites excluding steroid dienone is 5. The van der Waals surface area contributed by atoms with Crippen molar-refractivity contribution in [1.29, 1.82) is 0 Å². The summed E-state index contributed by atoms with van der Waals surface area (Å²) in [5.74, 6) is -0.101. The molecule has 0 fully saturated rings. The Morgan fingerprint density at radius 2 is 1.30 bits per heavy atom. The van der Waals surface area contributed by atoms with Gasteiger partial charge in [-0.3, -0.25) is 4.79 Å². The highest BCUT2D eigenvalue weighted by Crippen LogP contribution is 2.06. The van der Waals surface area contributed by atoms with Crippen molar-refractivity contribution in [3.05, 3.63) is 36.5 Å². The highest BCUT2D eigenvalue weighted by atomic mass is 16.3. The number of rotatable bonds is 20. The van der Waals surface area contributed by atoms with Crippen molar-refractivity contribution in [3.8, 4) is 0 Å². The maximum atomic E-state index is 11.9. The van der Waals surface area contributed by atoms with Crippen LogP contribution in [-0.2, 0) is 4.79 Å². The molecule has 2 atom stereocenters. The number of carbonyl (C=O) groups excluding carboxylic acids is 1. The van der Waals surface area contributed by atoms with E-state index in [0.29, 0.717) is 6.42 Å². The fourth-order valence-corrected chi connectivity index (χ4v) is 3.15. The molecule has 0 aliphatic heterocycles. The van der Waals surface area contributed by atoms with Crippen molar-refractivity contribution in [2.45, 2.75) is 116 Å². The van der Waals surface area contributed by atoms with Gasteiger partial charge in [0.25, 0.3) is 0 Å².